The highest BCUT2D eigenvalue weighted by Crippen LogP contribution is 2.41. The Kier molecular flexibility index (Phi) is 8.15. The van der Waals surface area contributed by atoms with Gasteiger partial charge < -0.3 is 10.4 Å². The first kappa shape index (κ1) is 20.6. The van der Waals surface area contributed by atoms with Crippen LogP contribution in [-0.2, 0) is 0 Å². The molecule has 0 radical (unpaired) electrons. The van der Waals surface area contributed by atoms with E-state index in [0.29, 0.717) is 11.8 Å². The third-order valence-electron chi connectivity index (χ3n) is 5.25. The van der Waals surface area contributed by atoms with E-state index in [9.17, 15) is 5.11 Å². The van der Waals surface area contributed by atoms with Gasteiger partial charge in [0.1, 0.15) is 5.75 Å². The summed E-state index contributed by atoms with van der Waals surface area (Å²) in [6.45, 7) is 8.52. The van der Waals surface area contributed by atoms with Crippen molar-refractivity contribution in [1.82, 2.24) is 10.2 Å². The van der Waals surface area contributed by atoms with Gasteiger partial charge in [-0.15, -0.1) is 24.8 Å². The number of hydrogen-bond acceptors (Lipinski definition) is 3. The molecule has 3 nitrogen and oxygen atoms in total. The van der Waals surface area contributed by atoms with Gasteiger partial charge in [0, 0.05) is 32.2 Å². The number of nitrogens with one attached hydrogen (secondary N) is 1. The molecule has 5 heteroatoms. The van der Waals surface area contributed by atoms with Crippen molar-refractivity contribution in [1.29, 1.82) is 0 Å². The third-order valence-corrected chi connectivity index (χ3v) is 5.25. The number of rotatable bonds is 3. The standard InChI is InChI=1S/C18H28N2O.2ClH/c1-13-11-16(12-14(2)18(13)21)17(15-5-3-4-6-15)20-9-7-19-8-10-20;;/h11-12,15,17,19,21H,3-10H2,1-2H3;2*1H/t17-;;/m0../s1. The molecule has 1 aromatic rings. The highest BCUT2D eigenvalue weighted by Gasteiger charge is 2.32. The van der Waals surface area contributed by atoms with Crippen molar-refractivity contribution in [2.24, 2.45) is 5.92 Å². The van der Waals surface area contributed by atoms with E-state index in [1.54, 1.807) is 0 Å². The molecule has 1 aromatic carbocycles. The minimum absolute atomic E-state index is 0. The SMILES string of the molecule is Cc1cc([C@H](C2CCCC2)N2CCNCC2)cc(C)c1O.Cl.Cl. The molecule has 1 saturated carbocycles. The number of phenolic OH excluding ortho intramolecular Hbond substituents is 1. The van der Waals surface area contributed by atoms with Gasteiger partial charge in [-0.3, -0.25) is 4.90 Å². The number of benzene rings is 1. The molecule has 1 aliphatic carbocycles. The molecule has 1 aliphatic heterocycles. The molecule has 1 heterocycles. The number of halogens is 2. The Bertz CT molecular complexity index is 475. The summed E-state index contributed by atoms with van der Waals surface area (Å²) in [6, 6.07) is 4.97. The van der Waals surface area contributed by atoms with Crippen molar-refractivity contribution in [3.05, 3.63) is 28.8 Å². The van der Waals surface area contributed by atoms with E-state index in [0.717, 1.165) is 43.2 Å². The van der Waals surface area contributed by atoms with Crippen LogP contribution in [0.4, 0.5) is 0 Å². The Morgan fingerprint density at radius 1 is 1.04 bits per heavy atom. The molecule has 0 bridgehead atoms. The first-order valence-electron chi connectivity index (χ1n) is 8.41. The van der Waals surface area contributed by atoms with E-state index in [4.69, 9.17) is 0 Å². The molecule has 2 fully saturated rings. The van der Waals surface area contributed by atoms with Crippen molar-refractivity contribution < 1.29 is 5.11 Å². The van der Waals surface area contributed by atoms with Crippen LogP contribution < -0.4 is 5.32 Å². The Hall–Kier alpha value is -0.480. The van der Waals surface area contributed by atoms with Gasteiger partial charge in [0.2, 0.25) is 0 Å². The van der Waals surface area contributed by atoms with E-state index in [-0.39, 0.29) is 24.8 Å². The van der Waals surface area contributed by atoms with Crippen LogP contribution >= 0.6 is 24.8 Å². The molecule has 1 saturated heterocycles. The molecule has 2 N–H and O–H groups in total. The van der Waals surface area contributed by atoms with Gasteiger partial charge in [-0.05, 0) is 49.3 Å². The average molecular weight is 361 g/mol. The largest absolute Gasteiger partial charge is 0.507 e. The van der Waals surface area contributed by atoms with Crippen LogP contribution in [0.5, 0.6) is 5.75 Å². The van der Waals surface area contributed by atoms with Gasteiger partial charge in [-0.2, -0.15) is 0 Å². The quantitative estimate of drug-likeness (QED) is 0.855. The van der Waals surface area contributed by atoms with Crippen molar-refractivity contribution in [3.8, 4) is 5.75 Å². The maximum atomic E-state index is 10.1. The Balaban J connectivity index is 0.00000132. The van der Waals surface area contributed by atoms with E-state index < -0.39 is 0 Å². The van der Waals surface area contributed by atoms with Crippen molar-refractivity contribution >= 4 is 24.8 Å². The number of aromatic hydroxyl groups is 1. The summed E-state index contributed by atoms with van der Waals surface area (Å²) in [5, 5.41) is 13.5. The van der Waals surface area contributed by atoms with E-state index >= 15 is 0 Å². The maximum Gasteiger partial charge on any atom is 0.121 e. The molecule has 132 valence electrons. The summed E-state index contributed by atoms with van der Waals surface area (Å²) < 4.78 is 0. The minimum atomic E-state index is 0. The lowest BCUT2D eigenvalue weighted by molar-refractivity contribution is 0.125. The van der Waals surface area contributed by atoms with Crippen LogP contribution in [0.15, 0.2) is 12.1 Å². The zero-order valence-electron chi connectivity index (χ0n) is 14.2. The number of nitrogens with zero attached hydrogens (tertiary/aromatic N) is 1. The zero-order valence-corrected chi connectivity index (χ0v) is 15.8. The fraction of sp³-hybridized carbons (Fsp3) is 0.667. The van der Waals surface area contributed by atoms with Crippen LogP contribution in [0.25, 0.3) is 0 Å². The van der Waals surface area contributed by atoms with Crippen LogP contribution in [0, 0.1) is 19.8 Å². The number of hydrogen-bond donors (Lipinski definition) is 2. The Morgan fingerprint density at radius 2 is 1.57 bits per heavy atom. The topological polar surface area (TPSA) is 35.5 Å². The van der Waals surface area contributed by atoms with Crippen LogP contribution in [0.3, 0.4) is 0 Å². The second-order valence-corrected chi connectivity index (χ2v) is 6.78. The van der Waals surface area contributed by atoms with Crippen molar-refractivity contribution in [2.45, 2.75) is 45.6 Å². The first-order chi connectivity index (χ1) is 10.2. The summed E-state index contributed by atoms with van der Waals surface area (Å²) in [5.41, 5.74) is 3.45. The van der Waals surface area contributed by atoms with Gasteiger partial charge >= 0.3 is 0 Å². The molecule has 0 unspecified atom stereocenters. The fourth-order valence-electron chi connectivity index (χ4n) is 4.17. The summed E-state index contributed by atoms with van der Waals surface area (Å²) in [6.07, 6.45) is 5.47. The van der Waals surface area contributed by atoms with E-state index in [1.807, 2.05) is 13.8 Å². The molecular formula is C18H30Cl2N2O. The predicted molar refractivity (Wildman–Crippen MR) is 101 cm³/mol. The molecule has 0 aromatic heterocycles. The zero-order chi connectivity index (χ0) is 14.8. The Labute approximate surface area is 152 Å². The number of aryl methyl sites for hydroxylation is 2. The first-order valence-corrected chi connectivity index (χ1v) is 8.41. The third kappa shape index (κ3) is 4.54. The second-order valence-electron chi connectivity index (χ2n) is 6.78. The molecule has 0 spiro atoms. The van der Waals surface area contributed by atoms with Gasteiger partial charge in [0.15, 0.2) is 0 Å². The lowest BCUT2D eigenvalue weighted by Gasteiger charge is -2.39. The van der Waals surface area contributed by atoms with Gasteiger partial charge in [-0.1, -0.05) is 25.0 Å². The van der Waals surface area contributed by atoms with Crippen LogP contribution in [-0.4, -0.2) is 36.2 Å². The van der Waals surface area contributed by atoms with Crippen LogP contribution in [0.1, 0.15) is 48.4 Å². The molecular weight excluding hydrogens is 331 g/mol. The number of phenols is 1. The maximum absolute atomic E-state index is 10.1. The molecule has 3 rings (SSSR count). The lowest BCUT2D eigenvalue weighted by Crippen LogP contribution is -2.46. The summed E-state index contributed by atoms with van der Waals surface area (Å²) in [5.74, 6) is 1.25. The molecule has 1 atom stereocenters. The fourth-order valence-corrected chi connectivity index (χ4v) is 4.17. The molecule has 0 amide bonds. The van der Waals surface area contributed by atoms with Crippen LogP contribution in [0.2, 0.25) is 0 Å². The van der Waals surface area contributed by atoms with Gasteiger partial charge in [0.25, 0.3) is 0 Å². The van der Waals surface area contributed by atoms with Crippen molar-refractivity contribution in [2.75, 3.05) is 26.2 Å². The van der Waals surface area contributed by atoms with E-state index in [1.165, 1.54) is 31.2 Å². The second kappa shape index (κ2) is 9.12. The Morgan fingerprint density at radius 3 is 2.09 bits per heavy atom. The highest BCUT2D eigenvalue weighted by molar-refractivity contribution is 5.85. The summed E-state index contributed by atoms with van der Waals surface area (Å²) in [7, 11) is 0. The van der Waals surface area contributed by atoms with Gasteiger partial charge in [-0.25, -0.2) is 0 Å². The molecule has 2 aliphatic rings. The average Bonchev–Trinajstić information content (AvgIpc) is 3.00. The minimum Gasteiger partial charge on any atom is -0.507 e. The normalized spacial score (nSPS) is 20.6. The van der Waals surface area contributed by atoms with E-state index in [2.05, 4.69) is 22.3 Å². The summed E-state index contributed by atoms with van der Waals surface area (Å²) in [4.78, 5) is 2.66. The highest BCUT2D eigenvalue weighted by atomic mass is 35.5. The lowest BCUT2D eigenvalue weighted by atomic mass is 9.88. The monoisotopic (exact) mass is 360 g/mol. The summed E-state index contributed by atoms with van der Waals surface area (Å²) >= 11 is 0. The predicted octanol–water partition coefficient (Wildman–Crippen LogP) is 3.99. The van der Waals surface area contributed by atoms with Gasteiger partial charge in [0.05, 0.1) is 0 Å². The molecule has 23 heavy (non-hydrogen) atoms. The number of piperazine rings is 1. The van der Waals surface area contributed by atoms with Crippen molar-refractivity contribution in [3.63, 3.8) is 0 Å². The smallest absolute Gasteiger partial charge is 0.121 e.